The molecule has 2 aromatic rings. The van der Waals surface area contributed by atoms with Crippen LogP contribution in [-0.4, -0.2) is 43.7 Å². The van der Waals surface area contributed by atoms with Crippen molar-refractivity contribution in [1.82, 2.24) is 5.32 Å². The fourth-order valence-electron chi connectivity index (χ4n) is 2.27. The van der Waals surface area contributed by atoms with Gasteiger partial charge in [0, 0.05) is 12.1 Å². The maximum Gasteiger partial charge on any atom is 0.327 e. The minimum atomic E-state index is -4.28. The Morgan fingerprint density at radius 1 is 1.12 bits per heavy atom. The number of aromatic hydroxyl groups is 3. The lowest BCUT2D eigenvalue weighted by Gasteiger charge is -2.06. The summed E-state index contributed by atoms with van der Waals surface area (Å²) in [6, 6.07) is 3.45. The predicted molar refractivity (Wildman–Crippen MR) is 89.2 cm³/mol. The van der Waals surface area contributed by atoms with E-state index >= 15 is 0 Å². The summed E-state index contributed by atoms with van der Waals surface area (Å²) in [7, 11) is -4.28. The second-order valence-corrected chi connectivity index (χ2v) is 7.23. The summed E-state index contributed by atoms with van der Waals surface area (Å²) in [6.45, 7) is 1.17. The predicted octanol–water partition coefficient (Wildman–Crippen LogP) is 0.533. The molecule has 134 valence electrons. The average molecular weight is 369 g/mol. The van der Waals surface area contributed by atoms with Crippen LogP contribution in [0.5, 0.6) is 17.2 Å². The van der Waals surface area contributed by atoms with E-state index in [2.05, 4.69) is 5.32 Å². The van der Waals surface area contributed by atoms with Crippen LogP contribution in [0.1, 0.15) is 15.9 Å². The van der Waals surface area contributed by atoms with Gasteiger partial charge in [-0.15, -0.1) is 0 Å². The van der Waals surface area contributed by atoms with Gasteiger partial charge in [0.05, 0.1) is 11.5 Å². The van der Waals surface area contributed by atoms with Crippen LogP contribution in [0.25, 0.3) is 10.8 Å². The van der Waals surface area contributed by atoms with Gasteiger partial charge in [0.1, 0.15) is 0 Å². The van der Waals surface area contributed by atoms with E-state index in [0.717, 1.165) is 6.07 Å². The van der Waals surface area contributed by atoms with Crippen LogP contribution in [0.2, 0.25) is 0 Å². The third-order valence-corrected chi connectivity index (χ3v) is 4.32. The number of carbonyl (C=O) groups excluding carboxylic acids is 1. The minimum Gasteiger partial charge on any atom is -0.504 e. The quantitative estimate of drug-likeness (QED) is 0.336. The second kappa shape index (κ2) is 6.72. The first-order valence-corrected chi connectivity index (χ1v) is 8.86. The molecule has 0 fully saturated rings. The van der Waals surface area contributed by atoms with Crippen LogP contribution in [-0.2, 0) is 4.57 Å². The topological polar surface area (TPSA) is 164 Å². The highest BCUT2D eigenvalue weighted by atomic mass is 31.2. The van der Waals surface area contributed by atoms with Crippen molar-refractivity contribution >= 4 is 24.3 Å². The summed E-state index contributed by atoms with van der Waals surface area (Å²) < 4.78 is 10.8. The van der Waals surface area contributed by atoms with E-state index in [1.807, 2.05) is 0 Å². The van der Waals surface area contributed by atoms with Crippen molar-refractivity contribution in [1.29, 1.82) is 0 Å². The Bertz CT molecular complexity index is 966. The Hall–Kier alpha value is -2.61. The maximum absolute atomic E-state index is 12.2. The van der Waals surface area contributed by atoms with Gasteiger partial charge in [0.15, 0.2) is 17.2 Å². The highest BCUT2D eigenvalue weighted by Gasteiger charge is 2.17. The number of aryl methyl sites for hydroxylation is 1. The Balaban J connectivity index is 2.55. The highest BCUT2D eigenvalue weighted by Crippen LogP contribution is 2.35. The van der Waals surface area contributed by atoms with Crippen molar-refractivity contribution in [3.05, 3.63) is 39.5 Å². The molecule has 0 aromatic heterocycles. The smallest absolute Gasteiger partial charge is 0.327 e. The van der Waals surface area contributed by atoms with Gasteiger partial charge in [-0.25, -0.2) is 0 Å². The zero-order valence-corrected chi connectivity index (χ0v) is 13.9. The normalized spacial score (nSPS) is 11.5. The molecule has 0 aliphatic heterocycles. The van der Waals surface area contributed by atoms with Gasteiger partial charge in [-0.3, -0.25) is 14.2 Å². The van der Waals surface area contributed by atoms with Crippen LogP contribution < -0.4 is 10.7 Å². The van der Waals surface area contributed by atoms with E-state index in [4.69, 9.17) is 9.79 Å². The fourth-order valence-corrected chi connectivity index (χ4v) is 2.67. The van der Waals surface area contributed by atoms with Crippen molar-refractivity contribution < 1.29 is 34.5 Å². The third kappa shape index (κ3) is 4.08. The number of carbonyl (C=O) groups is 1. The zero-order valence-electron chi connectivity index (χ0n) is 13.1. The van der Waals surface area contributed by atoms with Crippen LogP contribution in [0, 0.1) is 6.92 Å². The molecule has 25 heavy (non-hydrogen) atoms. The van der Waals surface area contributed by atoms with Gasteiger partial charge in [0.2, 0.25) is 5.43 Å². The molecule has 0 saturated carbocycles. The zero-order chi connectivity index (χ0) is 18.9. The van der Waals surface area contributed by atoms with Crippen molar-refractivity contribution in [2.45, 2.75) is 6.92 Å². The SMILES string of the molecule is Cc1cc2cc(C(=O)NCCP(=O)(O)O)cc(O)c(=O)c2c(O)c1O. The van der Waals surface area contributed by atoms with Crippen LogP contribution in [0.3, 0.4) is 0 Å². The van der Waals surface area contributed by atoms with Gasteiger partial charge in [-0.2, -0.15) is 0 Å². The molecule has 0 unspecified atom stereocenters. The molecule has 1 amide bonds. The molecule has 0 aliphatic rings. The van der Waals surface area contributed by atoms with Crippen LogP contribution >= 0.6 is 7.60 Å². The highest BCUT2D eigenvalue weighted by molar-refractivity contribution is 7.51. The van der Waals surface area contributed by atoms with Gasteiger partial charge in [0.25, 0.3) is 5.91 Å². The first kappa shape index (κ1) is 18.7. The van der Waals surface area contributed by atoms with Crippen molar-refractivity contribution in [2.75, 3.05) is 12.7 Å². The molecular weight excluding hydrogens is 353 g/mol. The number of rotatable bonds is 4. The third-order valence-electron chi connectivity index (χ3n) is 3.51. The Morgan fingerprint density at radius 3 is 2.36 bits per heavy atom. The molecule has 9 nitrogen and oxygen atoms in total. The molecule has 0 spiro atoms. The molecule has 0 radical (unpaired) electrons. The van der Waals surface area contributed by atoms with E-state index in [9.17, 15) is 29.5 Å². The van der Waals surface area contributed by atoms with Gasteiger partial charge >= 0.3 is 7.60 Å². The molecule has 2 rings (SSSR count). The van der Waals surface area contributed by atoms with Crippen molar-refractivity contribution in [3.8, 4) is 17.2 Å². The van der Waals surface area contributed by atoms with E-state index in [-0.39, 0.29) is 28.4 Å². The van der Waals surface area contributed by atoms with Gasteiger partial charge in [-0.05, 0) is 36.1 Å². The first-order valence-electron chi connectivity index (χ1n) is 7.06. The summed E-state index contributed by atoms with van der Waals surface area (Å²) >= 11 is 0. The number of hydrogen-bond donors (Lipinski definition) is 6. The number of fused-ring (bicyclic) bond motifs is 1. The lowest BCUT2D eigenvalue weighted by atomic mass is 10.1. The lowest BCUT2D eigenvalue weighted by Crippen LogP contribution is -2.26. The molecule has 0 atom stereocenters. The number of phenols is 2. The van der Waals surface area contributed by atoms with Crippen LogP contribution in [0.4, 0.5) is 0 Å². The lowest BCUT2D eigenvalue weighted by molar-refractivity contribution is 0.0955. The Kier molecular flexibility index (Phi) is 5.03. The molecule has 2 aromatic carbocycles. The van der Waals surface area contributed by atoms with Crippen molar-refractivity contribution in [2.24, 2.45) is 0 Å². The summed E-state index contributed by atoms with van der Waals surface area (Å²) in [6.07, 6.45) is -0.564. The Morgan fingerprint density at radius 2 is 1.76 bits per heavy atom. The monoisotopic (exact) mass is 369 g/mol. The molecular formula is C15H16NO8P. The molecule has 0 aliphatic carbocycles. The number of nitrogens with one attached hydrogen (secondary N) is 1. The minimum absolute atomic E-state index is 0.109. The first-order chi connectivity index (χ1) is 11.5. The summed E-state index contributed by atoms with van der Waals surface area (Å²) in [5.74, 6) is -2.82. The standard InChI is InChI=1S/C15H16NO8P/c1-7-4-8-5-9(15(21)16-2-3-25(22,23)24)6-10(17)13(19)11(8)14(20)12(7)18/h4-6,18,20H,2-3H2,1H3,(H,16,21)(H,17,19)(H2,22,23,24). The van der Waals surface area contributed by atoms with E-state index < -0.39 is 42.3 Å². The van der Waals surface area contributed by atoms with E-state index in [0.29, 0.717) is 0 Å². The largest absolute Gasteiger partial charge is 0.504 e. The number of hydrogen-bond acceptors (Lipinski definition) is 6. The van der Waals surface area contributed by atoms with Crippen LogP contribution in [0.15, 0.2) is 23.0 Å². The molecule has 6 N–H and O–H groups in total. The number of benzene rings is 1. The summed E-state index contributed by atoms with van der Waals surface area (Å²) in [5.41, 5.74) is -0.875. The van der Waals surface area contributed by atoms with Gasteiger partial charge < -0.3 is 30.4 Å². The Labute approximate surface area is 141 Å². The van der Waals surface area contributed by atoms with E-state index in [1.165, 1.54) is 19.1 Å². The fraction of sp³-hybridized carbons (Fsp3) is 0.200. The number of phenolic OH excluding ortho intramolecular Hbond substituents is 2. The van der Waals surface area contributed by atoms with E-state index in [1.54, 1.807) is 0 Å². The summed E-state index contributed by atoms with van der Waals surface area (Å²) in [4.78, 5) is 41.9. The number of amides is 1. The molecule has 0 saturated heterocycles. The average Bonchev–Trinajstić information content (AvgIpc) is 2.61. The second-order valence-electron chi connectivity index (χ2n) is 5.46. The van der Waals surface area contributed by atoms with Gasteiger partial charge in [-0.1, -0.05) is 0 Å². The molecule has 10 heteroatoms. The molecule has 0 bridgehead atoms. The maximum atomic E-state index is 12.2. The molecule has 0 heterocycles. The van der Waals surface area contributed by atoms with Crippen molar-refractivity contribution in [3.63, 3.8) is 0 Å². The summed E-state index contributed by atoms with van der Waals surface area (Å²) in [5, 5.41) is 31.6.